The van der Waals surface area contributed by atoms with Crippen LogP contribution in [0.15, 0.2) is 24.3 Å². The molecule has 1 rings (SSSR count). The number of aliphatic hydroxyl groups excluding tert-OH is 1. The molecular weight excluding hydrogens is 381 g/mol. The molecule has 1 unspecified atom stereocenters. The maximum absolute atomic E-state index is 12.4. The zero-order valence-electron chi connectivity index (χ0n) is 13.6. The molecule has 0 fully saturated rings. The third-order valence-electron chi connectivity index (χ3n) is 3.11. The predicted octanol–water partition coefficient (Wildman–Crippen LogP) is 2.06. The summed E-state index contributed by atoms with van der Waals surface area (Å²) in [7, 11) is 0. The van der Waals surface area contributed by atoms with Gasteiger partial charge in [0, 0.05) is 6.54 Å². The first kappa shape index (κ1) is 23.8. The molecule has 144 valence electrons. The van der Waals surface area contributed by atoms with E-state index in [4.69, 9.17) is 10.5 Å². The van der Waals surface area contributed by atoms with Gasteiger partial charge in [-0.2, -0.15) is 24.9 Å². The van der Waals surface area contributed by atoms with E-state index < -0.39 is 23.9 Å². The van der Waals surface area contributed by atoms with Crippen molar-refractivity contribution in [2.75, 3.05) is 25.2 Å². The first-order valence-corrected chi connectivity index (χ1v) is 8.63. The van der Waals surface area contributed by atoms with Gasteiger partial charge >= 0.3 is 6.18 Å². The summed E-state index contributed by atoms with van der Waals surface area (Å²) >= 11 is 1.58. The van der Waals surface area contributed by atoms with Crippen molar-refractivity contribution >= 4 is 30.1 Å². The van der Waals surface area contributed by atoms with Crippen LogP contribution in [0.1, 0.15) is 12.0 Å². The fraction of sp³-hybridized carbons (Fsp3) is 0.533. The second-order valence-corrected chi connectivity index (χ2v) is 6.11. The summed E-state index contributed by atoms with van der Waals surface area (Å²) in [5.74, 6) is 0.594. The van der Waals surface area contributed by atoms with Gasteiger partial charge in [0.15, 0.2) is 0 Å². The lowest BCUT2D eigenvalue weighted by Gasteiger charge is -2.16. The number of hydrogen-bond acceptors (Lipinski definition) is 5. The zero-order valence-corrected chi connectivity index (χ0v) is 15.2. The Morgan fingerprint density at radius 2 is 1.96 bits per heavy atom. The van der Waals surface area contributed by atoms with Gasteiger partial charge in [-0.1, -0.05) is 0 Å². The van der Waals surface area contributed by atoms with Gasteiger partial charge in [-0.05, 0) is 42.7 Å². The van der Waals surface area contributed by atoms with E-state index in [1.807, 2.05) is 6.26 Å². The average molecular weight is 403 g/mol. The average Bonchev–Trinajstić information content (AvgIpc) is 2.55. The van der Waals surface area contributed by atoms with E-state index in [1.165, 1.54) is 12.1 Å². The topological polar surface area (TPSA) is 84.6 Å². The van der Waals surface area contributed by atoms with Crippen molar-refractivity contribution < 1.29 is 27.8 Å². The van der Waals surface area contributed by atoms with Crippen molar-refractivity contribution in [3.63, 3.8) is 0 Å². The van der Waals surface area contributed by atoms with E-state index in [1.54, 1.807) is 11.8 Å². The fourth-order valence-corrected chi connectivity index (χ4v) is 2.21. The highest BCUT2D eigenvalue weighted by atomic mass is 35.5. The first-order chi connectivity index (χ1) is 11.2. The smallest absolute Gasteiger partial charge is 0.416 e. The van der Waals surface area contributed by atoms with Crippen LogP contribution in [0.5, 0.6) is 5.75 Å². The quantitative estimate of drug-likeness (QED) is 0.589. The van der Waals surface area contributed by atoms with E-state index in [2.05, 4.69) is 5.32 Å². The van der Waals surface area contributed by atoms with E-state index in [-0.39, 0.29) is 37.2 Å². The molecule has 1 amide bonds. The lowest BCUT2D eigenvalue weighted by Crippen LogP contribution is -2.44. The summed E-state index contributed by atoms with van der Waals surface area (Å²) in [5, 5.41) is 12.2. The summed E-state index contributed by atoms with van der Waals surface area (Å²) in [5.41, 5.74) is 4.90. The maximum atomic E-state index is 12.4. The molecule has 1 aromatic carbocycles. The minimum absolute atomic E-state index is 0. The van der Waals surface area contributed by atoms with Crippen LogP contribution in [-0.4, -0.2) is 48.3 Å². The van der Waals surface area contributed by atoms with Crippen LogP contribution in [0, 0.1) is 0 Å². The lowest BCUT2D eigenvalue weighted by molar-refractivity contribution is -0.137. The van der Waals surface area contributed by atoms with Gasteiger partial charge in [0.25, 0.3) is 0 Å². The summed E-state index contributed by atoms with van der Waals surface area (Å²) in [6.07, 6.45) is -2.96. The van der Waals surface area contributed by atoms with Crippen molar-refractivity contribution in [1.29, 1.82) is 0 Å². The van der Waals surface area contributed by atoms with Gasteiger partial charge in [0.2, 0.25) is 5.91 Å². The van der Waals surface area contributed by atoms with Gasteiger partial charge < -0.3 is 20.9 Å². The molecule has 25 heavy (non-hydrogen) atoms. The Hall–Kier alpha value is -1.16. The van der Waals surface area contributed by atoms with E-state index in [0.717, 1.165) is 17.9 Å². The number of nitrogens with one attached hydrogen (secondary N) is 1. The lowest BCUT2D eigenvalue weighted by atomic mass is 10.2. The number of alkyl halides is 3. The molecule has 0 saturated carbocycles. The summed E-state index contributed by atoms with van der Waals surface area (Å²) in [4.78, 5) is 11.7. The molecule has 0 radical (unpaired) electrons. The number of hydrogen-bond donors (Lipinski definition) is 3. The van der Waals surface area contributed by atoms with Crippen molar-refractivity contribution in [2.45, 2.75) is 24.7 Å². The Kier molecular flexibility index (Phi) is 10.9. The molecule has 0 aliphatic carbocycles. The van der Waals surface area contributed by atoms with E-state index in [0.29, 0.717) is 6.42 Å². The van der Waals surface area contributed by atoms with E-state index in [9.17, 15) is 23.1 Å². The van der Waals surface area contributed by atoms with Crippen LogP contribution in [0.4, 0.5) is 13.2 Å². The van der Waals surface area contributed by atoms with Gasteiger partial charge in [-0.15, -0.1) is 12.4 Å². The van der Waals surface area contributed by atoms with Crippen LogP contribution in [0.2, 0.25) is 0 Å². The minimum atomic E-state index is -4.41. The second-order valence-electron chi connectivity index (χ2n) is 5.12. The first-order valence-electron chi connectivity index (χ1n) is 7.24. The Morgan fingerprint density at radius 3 is 2.48 bits per heavy atom. The number of rotatable bonds is 9. The number of aliphatic hydroxyl groups is 1. The van der Waals surface area contributed by atoms with Crippen LogP contribution < -0.4 is 15.8 Å². The highest BCUT2D eigenvalue weighted by Gasteiger charge is 2.30. The van der Waals surface area contributed by atoms with Gasteiger partial charge in [0.05, 0.1) is 11.6 Å². The minimum Gasteiger partial charge on any atom is -0.491 e. The third kappa shape index (κ3) is 9.20. The Bertz CT molecular complexity index is 518. The molecular formula is C15H22ClF3N2O3S. The summed E-state index contributed by atoms with van der Waals surface area (Å²) < 4.78 is 42.4. The molecule has 1 aromatic rings. The Balaban J connectivity index is 0.00000576. The molecule has 5 nitrogen and oxygen atoms in total. The number of carbonyl (C=O) groups is 1. The molecule has 4 N–H and O–H groups in total. The van der Waals surface area contributed by atoms with Crippen molar-refractivity contribution in [3.05, 3.63) is 29.8 Å². The van der Waals surface area contributed by atoms with Crippen molar-refractivity contribution in [2.24, 2.45) is 5.73 Å². The van der Waals surface area contributed by atoms with Crippen molar-refractivity contribution in [1.82, 2.24) is 5.32 Å². The summed E-state index contributed by atoms with van der Waals surface area (Å²) in [6.45, 7) is -0.210. The van der Waals surface area contributed by atoms with Gasteiger partial charge in [-0.25, -0.2) is 0 Å². The maximum Gasteiger partial charge on any atom is 0.416 e. The van der Waals surface area contributed by atoms with Crippen LogP contribution in [-0.2, 0) is 11.0 Å². The molecule has 0 aromatic heterocycles. The fourth-order valence-electron chi connectivity index (χ4n) is 1.72. The standard InChI is InChI=1S/C15H21F3N2O3S.ClH/c1-24-7-6-13(19)14(22)20-8-11(21)9-23-12-4-2-10(3-5-12)15(16,17)18;/h2-5,11,13,21H,6-9,19H2,1H3,(H,20,22);1H/t11?,13-;/m0./s1. The van der Waals surface area contributed by atoms with Crippen LogP contribution in [0.3, 0.4) is 0 Å². The SMILES string of the molecule is CSCC[C@H](N)C(=O)NCC(O)COc1ccc(C(F)(F)F)cc1.Cl. The highest BCUT2D eigenvalue weighted by molar-refractivity contribution is 7.98. The monoisotopic (exact) mass is 402 g/mol. The molecule has 0 saturated heterocycles. The Morgan fingerprint density at radius 1 is 1.36 bits per heavy atom. The van der Waals surface area contributed by atoms with Crippen LogP contribution in [0.25, 0.3) is 0 Å². The molecule has 0 bridgehead atoms. The largest absolute Gasteiger partial charge is 0.491 e. The second kappa shape index (κ2) is 11.5. The number of thioether (sulfide) groups is 1. The summed E-state index contributed by atoms with van der Waals surface area (Å²) in [6, 6.07) is 3.50. The van der Waals surface area contributed by atoms with Crippen molar-refractivity contribution in [3.8, 4) is 5.75 Å². The normalized spacial score (nSPS) is 13.5. The molecule has 0 aliphatic heterocycles. The number of halogens is 4. The van der Waals surface area contributed by atoms with Crippen LogP contribution >= 0.6 is 24.2 Å². The number of amides is 1. The zero-order chi connectivity index (χ0) is 18.2. The molecule has 10 heteroatoms. The van der Waals surface area contributed by atoms with E-state index >= 15 is 0 Å². The molecule has 0 aliphatic rings. The number of nitrogens with two attached hydrogens (primary N) is 1. The third-order valence-corrected chi connectivity index (χ3v) is 3.75. The van der Waals surface area contributed by atoms with Gasteiger partial charge in [-0.3, -0.25) is 4.79 Å². The predicted molar refractivity (Wildman–Crippen MR) is 94.2 cm³/mol. The Labute approximate surface area is 154 Å². The highest BCUT2D eigenvalue weighted by Crippen LogP contribution is 2.30. The molecule has 2 atom stereocenters. The number of carbonyl (C=O) groups excluding carboxylic acids is 1. The number of ether oxygens (including phenoxy) is 1. The number of benzene rings is 1. The molecule has 0 heterocycles. The van der Waals surface area contributed by atoms with Gasteiger partial charge in [0.1, 0.15) is 18.5 Å². The molecule has 0 spiro atoms.